The van der Waals surface area contributed by atoms with Crippen LogP contribution < -0.4 is 5.32 Å². The van der Waals surface area contributed by atoms with Gasteiger partial charge in [0.1, 0.15) is 5.75 Å². The van der Waals surface area contributed by atoms with E-state index in [1.807, 2.05) is 0 Å². The van der Waals surface area contributed by atoms with Crippen LogP contribution in [0.15, 0.2) is 18.3 Å². The molecule has 0 unspecified atom stereocenters. The lowest BCUT2D eigenvalue weighted by Gasteiger charge is -2.00. The van der Waals surface area contributed by atoms with Crippen molar-refractivity contribution in [3.05, 3.63) is 29.8 Å². The number of aromatic hydroxyl groups is 1. The van der Waals surface area contributed by atoms with Crippen LogP contribution in [-0.2, 0) is 13.1 Å². The molecule has 0 aliphatic heterocycles. The Labute approximate surface area is 85.6 Å². The van der Waals surface area contributed by atoms with E-state index in [9.17, 15) is 0 Å². The molecular formula is C8H10N6O. The molecule has 0 fully saturated rings. The van der Waals surface area contributed by atoms with E-state index < -0.39 is 0 Å². The molecule has 0 saturated heterocycles. The number of aromatic amines is 1. The fourth-order valence-corrected chi connectivity index (χ4v) is 1.08. The number of aromatic nitrogens is 5. The van der Waals surface area contributed by atoms with Crippen LogP contribution in [0.5, 0.6) is 5.75 Å². The number of hydrogen-bond acceptors (Lipinski definition) is 6. The van der Waals surface area contributed by atoms with Crippen molar-refractivity contribution in [2.75, 3.05) is 0 Å². The topological polar surface area (TPSA) is 99.6 Å². The molecule has 0 amide bonds. The summed E-state index contributed by atoms with van der Waals surface area (Å²) in [5, 5.41) is 25.5. The summed E-state index contributed by atoms with van der Waals surface area (Å²) >= 11 is 0. The average Bonchev–Trinajstić information content (AvgIpc) is 2.74. The first-order chi connectivity index (χ1) is 7.34. The van der Waals surface area contributed by atoms with Gasteiger partial charge in [0, 0.05) is 6.54 Å². The van der Waals surface area contributed by atoms with Gasteiger partial charge in [0.25, 0.3) is 0 Å². The fourth-order valence-electron chi connectivity index (χ4n) is 1.08. The zero-order valence-corrected chi connectivity index (χ0v) is 7.88. The Morgan fingerprint density at radius 2 is 2.27 bits per heavy atom. The molecule has 2 heterocycles. The molecule has 0 spiro atoms. The van der Waals surface area contributed by atoms with Crippen LogP contribution in [-0.4, -0.2) is 30.7 Å². The minimum absolute atomic E-state index is 0.164. The summed E-state index contributed by atoms with van der Waals surface area (Å²) in [7, 11) is 0. The van der Waals surface area contributed by atoms with Crippen LogP contribution >= 0.6 is 0 Å². The Hall–Kier alpha value is -2.02. The summed E-state index contributed by atoms with van der Waals surface area (Å²) in [6.07, 6.45) is 1.41. The van der Waals surface area contributed by atoms with E-state index in [0.717, 1.165) is 5.69 Å². The van der Waals surface area contributed by atoms with Gasteiger partial charge in [0.2, 0.25) is 0 Å². The Bertz CT molecular complexity index is 398. The second kappa shape index (κ2) is 4.47. The van der Waals surface area contributed by atoms with E-state index in [1.54, 1.807) is 12.1 Å². The molecule has 0 saturated carbocycles. The highest BCUT2D eigenvalue weighted by molar-refractivity contribution is 5.17. The Morgan fingerprint density at radius 1 is 1.33 bits per heavy atom. The zero-order valence-electron chi connectivity index (χ0n) is 7.88. The third-order valence-electron chi connectivity index (χ3n) is 1.79. The Balaban J connectivity index is 1.81. The van der Waals surface area contributed by atoms with Gasteiger partial charge in [0.05, 0.1) is 18.4 Å². The molecule has 0 radical (unpaired) electrons. The maximum Gasteiger partial charge on any atom is 0.188 e. The molecule has 78 valence electrons. The van der Waals surface area contributed by atoms with E-state index >= 15 is 0 Å². The van der Waals surface area contributed by atoms with Gasteiger partial charge in [-0.3, -0.25) is 4.98 Å². The monoisotopic (exact) mass is 206 g/mol. The Kier molecular flexibility index (Phi) is 2.84. The number of pyridine rings is 1. The Morgan fingerprint density at radius 3 is 2.93 bits per heavy atom. The highest BCUT2D eigenvalue weighted by atomic mass is 16.3. The van der Waals surface area contributed by atoms with Gasteiger partial charge in [-0.15, -0.1) is 10.2 Å². The van der Waals surface area contributed by atoms with Gasteiger partial charge >= 0.3 is 0 Å². The first-order valence-corrected chi connectivity index (χ1v) is 4.41. The maximum atomic E-state index is 9.02. The molecule has 7 nitrogen and oxygen atoms in total. The lowest BCUT2D eigenvalue weighted by atomic mass is 10.3. The molecule has 2 rings (SSSR count). The first kappa shape index (κ1) is 9.53. The van der Waals surface area contributed by atoms with Gasteiger partial charge in [-0.05, 0) is 12.1 Å². The molecule has 0 aliphatic rings. The van der Waals surface area contributed by atoms with Gasteiger partial charge in [-0.1, -0.05) is 5.21 Å². The van der Waals surface area contributed by atoms with Crippen molar-refractivity contribution in [3.8, 4) is 5.75 Å². The van der Waals surface area contributed by atoms with Crippen molar-refractivity contribution in [1.29, 1.82) is 0 Å². The van der Waals surface area contributed by atoms with Crippen molar-refractivity contribution in [1.82, 2.24) is 30.9 Å². The molecular weight excluding hydrogens is 196 g/mol. The van der Waals surface area contributed by atoms with Crippen LogP contribution in [0.2, 0.25) is 0 Å². The van der Waals surface area contributed by atoms with E-state index in [-0.39, 0.29) is 5.75 Å². The van der Waals surface area contributed by atoms with Gasteiger partial charge in [-0.2, -0.15) is 5.21 Å². The second-order valence-corrected chi connectivity index (χ2v) is 2.94. The van der Waals surface area contributed by atoms with E-state index in [2.05, 4.69) is 30.9 Å². The molecule has 2 aromatic heterocycles. The normalized spacial score (nSPS) is 10.4. The third kappa shape index (κ3) is 2.71. The number of tetrazole rings is 1. The minimum atomic E-state index is 0.164. The molecule has 0 bridgehead atoms. The number of H-pyrrole nitrogens is 1. The van der Waals surface area contributed by atoms with Crippen LogP contribution in [0, 0.1) is 0 Å². The van der Waals surface area contributed by atoms with Crippen LogP contribution in [0.1, 0.15) is 11.5 Å². The minimum Gasteiger partial charge on any atom is -0.506 e. The van der Waals surface area contributed by atoms with E-state index in [4.69, 9.17) is 5.11 Å². The SMILES string of the molecule is Oc1ccc(CNCc2nn[nH]n2)nc1. The van der Waals surface area contributed by atoms with Crippen molar-refractivity contribution in [2.24, 2.45) is 0 Å². The summed E-state index contributed by atoms with van der Waals surface area (Å²) in [5.41, 5.74) is 0.844. The van der Waals surface area contributed by atoms with Crippen LogP contribution in [0.4, 0.5) is 0 Å². The lowest BCUT2D eigenvalue weighted by molar-refractivity contribution is 0.471. The van der Waals surface area contributed by atoms with Gasteiger partial charge in [-0.25, -0.2) is 0 Å². The molecule has 0 aliphatic carbocycles. The van der Waals surface area contributed by atoms with Crippen molar-refractivity contribution in [3.63, 3.8) is 0 Å². The fraction of sp³-hybridized carbons (Fsp3) is 0.250. The highest BCUT2D eigenvalue weighted by Gasteiger charge is 1.98. The van der Waals surface area contributed by atoms with Crippen LogP contribution in [0.25, 0.3) is 0 Å². The number of hydrogen-bond donors (Lipinski definition) is 3. The standard InChI is InChI=1S/C8H10N6O/c15-7-2-1-6(10-4-7)3-9-5-8-11-13-14-12-8/h1-2,4,9,15H,3,5H2,(H,11,12,13,14). The summed E-state index contributed by atoms with van der Waals surface area (Å²) in [6.45, 7) is 1.12. The number of nitrogens with zero attached hydrogens (tertiary/aromatic N) is 4. The molecule has 0 aromatic carbocycles. The molecule has 7 heteroatoms. The second-order valence-electron chi connectivity index (χ2n) is 2.94. The van der Waals surface area contributed by atoms with Crippen molar-refractivity contribution in [2.45, 2.75) is 13.1 Å². The quantitative estimate of drug-likeness (QED) is 0.628. The number of rotatable bonds is 4. The predicted molar refractivity (Wildman–Crippen MR) is 50.6 cm³/mol. The predicted octanol–water partition coefficient (Wildman–Crippen LogP) is -0.410. The van der Waals surface area contributed by atoms with Crippen molar-refractivity contribution >= 4 is 0 Å². The average molecular weight is 206 g/mol. The molecule has 2 aromatic rings. The molecule has 3 N–H and O–H groups in total. The van der Waals surface area contributed by atoms with Crippen molar-refractivity contribution < 1.29 is 5.11 Å². The third-order valence-corrected chi connectivity index (χ3v) is 1.79. The lowest BCUT2D eigenvalue weighted by Crippen LogP contribution is -2.14. The van der Waals surface area contributed by atoms with E-state index in [1.165, 1.54) is 6.20 Å². The molecule has 15 heavy (non-hydrogen) atoms. The zero-order chi connectivity index (χ0) is 10.5. The smallest absolute Gasteiger partial charge is 0.188 e. The number of nitrogens with one attached hydrogen (secondary N) is 2. The largest absolute Gasteiger partial charge is 0.506 e. The van der Waals surface area contributed by atoms with Gasteiger partial charge < -0.3 is 10.4 Å². The van der Waals surface area contributed by atoms with Gasteiger partial charge in [0.15, 0.2) is 5.82 Å². The highest BCUT2D eigenvalue weighted by Crippen LogP contribution is 2.05. The summed E-state index contributed by atoms with van der Waals surface area (Å²) < 4.78 is 0. The molecule has 0 atom stereocenters. The van der Waals surface area contributed by atoms with Crippen LogP contribution in [0.3, 0.4) is 0 Å². The summed E-state index contributed by atoms with van der Waals surface area (Å²) in [6, 6.07) is 3.34. The maximum absolute atomic E-state index is 9.02. The summed E-state index contributed by atoms with van der Waals surface area (Å²) in [5.74, 6) is 0.769. The summed E-state index contributed by atoms with van der Waals surface area (Å²) in [4.78, 5) is 4.02. The van der Waals surface area contributed by atoms with E-state index in [0.29, 0.717) is 18.9 Å². The first-order valence-electron chi connectivity index (χ1n) is 4.41.